The summed E-state index contributed by atoms with van der Waals surface area (Å²) < 4.78 is 0. The molecule has 2 aliphatic rings. The smallest absolute Gasteiger partial charge is 0.142 e. The minimum atomic E-state index is 0.281. The maximum atomic E-state index is 10.4. The van der Waals surface area contributed by atoms with Crippen molar-refractivity contribution in [3.8, 4) is 5.75 Å². The highest BCUT2D eigenvalue weighted by Crippen LogP contribution is 2.31. The van der Waals surface area contributed by atoms with Gasteiger partial charge in [-0.1, -0.05) is 12.8 Å². The fourth-order valence-corrected chi connectivity index (χ4v) is 4.24. The fraction of sp³-hybridized carbons (Fsp3) is 0.700. The van der Waals surface area contributed by atoms with Crippen LogP contribution in [0, 0.1) is 0 Å². The predicted molar refractivity (Wildman–Crippen MR) is 100.0 cm³/mol. The maximum absolute atomic E-state index is 10.4. The molecular weight excluding hydrogens is 298 g/mol. The van der Waals surface area contributed by atoms with Crippen molar-refractivity contribution in [2.45, 2.75) is 77.5 Å². The second-order valence-corrected chi connectivity index (χ2v) is 7.82. The summed E-state index contributed by atoms with van der Waals surface area (Å²) in [4.78, 5) is 5.02. The number of phenolic OH excluding ortho intramolecular Hbond substituents is 1. The first-order valence-electron chi connectivity index (χ1n) is 9.63. The van der Waals surface area contributed by atoms with Crippen LogP contribution in [0.3, 0.4) is 0 Å². The number of anilines is 1. The molecule has 1 aromatic rings. The highest BCUT2D eigenvalue weighted by molar-refractivity contribution is 5.58. The second kappa shape index (κ2) is 7.75. The van der Waals surface area contributed by atoms with Crippen LogP contribution in [0.5, 0.6) is 5.75 Å². The van der Waals surface area contributed by atoms with Crippen molar-refractivity contribution in [3.05, 3.63) is 23.3 Å². The zero-order valence-corrected chi connectivity index (χ0v) is 15.3. The Hall–Kier alpha value is -1.26. The third kappa shape index (κ3) is 4.04. The molecule has 2 atom stereocenters. The molecule has 4 heteroatoms. The number of nitrogens with zero attached hydrogens (tertiary/aromatic N) is 2. The molecule has 2 unspecified atom stereocenters. The molecule has 0 amide bonds. The van der Waals surface area contributed by atoms with E-state index in [4.69, 9.17) is 5.73 Å². The van der Waals surface area contributed by atoms with E-state index in [0.29, 0.717) is 17.8 Å². The second-order valence-electron chi connectivity index (χ2n) is 7.82. The summed E-state index contributed by atoms with van der Waals surface area (Å²) in [7, 11) is 0. The monoisotopic (exact) mass is 331 g/mol. The van der Waals surface area contributed by atoms with Crippen molar-refractivity contribution in [1.82, 2.24) is 9.80 Å². The lowest BCUT2D eigenvalue weighted by molar-refractivity contribution is 0.149. The summed E-state index contributed by atoms with van der Waals surface area (Å²) in [6.45, 7) is 8.64. The van der Waals surface area contributed by atoms with Crippen LogP contribution in [0.1, 0.15) is 63.5 Å². The number of phenols is 1. The molecule has 1 aromatic carbocycles. The van der Waals surface area contributed by atoms with Crippen LogP contribution >= 0.6 is 0 Å². The average molecular weight is 332 g/mol. The summed E-state index contributed by atoms with van der Waals surface area (Å²) in [5.74, 6) is 0.281. The van der Waals surface area contributed by atoms with Crippen LogP contribution in [0.4, 0.5) is 5.69 Å². The Kier molecular flexibility index (Phi) is 5.67. The summed E-state index contributed by atoms with van der Waals surface area (Å²) in [6.07, 6.45) is 7.74. The molecule has 0 bridgehead atoms. The van der Waals surface area contributed by atoms with Gasteiger partial charge in [0, 0.05) is 30.7 Å². The Balaban J connectivity index is 1.75. The van der Waals surface area contributed by atoms with Crippen LogP contribution in [-0.4, -0.2) is 40.1 Å². The minimum Gasteiger partial charge on any atom is -0.505 e. The molecule has 2 aliphatic heterocycles. The first kappa shape index (κ1) is 17.6. The summed E-state index contributed by atoms with van der Waals surface area (Å²) in [5, 5.41) is 10.4. The number of hydrogen-bond acceptors (Lipinski definition) is 4. The van der Waals surface area contributed by atoms with Gasteiger partial charge in [-0.2, -0.15) is 0 Å². The van der Waals surface area contributed by atoms with Crippen LogP contribution in [0.15, 0.2) is 12.1 Å². The Labute approximate surface area is 146 Å². The quantitative estimate of drug-likeness (QED) is 0.652. The molecule has 3 rings (SSSR count). The van der Waals surface area contributed by atoms with Crippen molar-refractivity contribution in [1.29, 1.82) is 0 Å². The Bertz CT molecular complexity index is 560. The van der Waals surface area contributed by atoms with E-state index in [1.54, 1.807) is 0 Å². The van der Waals surface area contributed by atoms with Gasteiger partial charge in [-0.3, -0.25) is 9.80 Å². The van der Waals surface area contributed by atoms with Gasteiger partial charge in [0.1, 0.15) is 5.75 Å². The molecule has 3 N–H and O–H groups in total. The Morgan fingerprint density at radius 3 is 2.12 bits per heavy atom. The van der Waals surface area contributed by atoms with Crippen LogP contribution < -0.4 is 5.73 Å². The lowest BCUT2D eigenvalue weighted by atomic mass is 9.99. The van der Waals surface area contributed by atoms with E-state index in [9.17, 15) is 5.11 Å². The van der Waals surface area contributed by atoms with Gasteiger partial charge in [0.25, 0.3) is 0 Å². The minimum absolute atomic E-state index is 0.281. The summed E-state index contributed by atoms with van der Waals surface area (Å²) >= 11 is 0. The predicted octanol–water partition coefficient (Wildman–Crippen LogP) is 3.72. The van der Waals surface area contributed by atoms with Gasteiger partial charge in [0.15, 0.2) is 0 Å². The molecule has 4 nitrogen and oxygen atoms in total. The highest BCUT2D eigenvalue weighted by atomic mass is 16.3. The third-order valence-electron chi connectivity index (χ3n) is 5.92. The van der Waals surface area contributed by atoms with E-state index >= 15 is 0 Å². The lowest BCUT2D eigenvalue weighted by Crippen LogP contribution is -2.37. The van der Waals surface area contributed by atoms with Crippen molar-refractivity contribution in [2.75, 3.05) is 18.8 Å². The molecule has 2 heterocycles. The van der Waals surface area contributed by atoms with Crippen LogP contribution in [0.25, 0.3) is 0 Å². The Morgan fingerprint density at radius 1 is 0.958 bits per heavy atom. The lowest BCUT2D eigenvalue weighted by Gasteiger charge is -2.34. The molecule has 24 heavy (non-hydrogen) atoms. The van der Waals surface area contributed by atoms with E-state index in [1.165, 1.54) is 50.6 Å². The molecule has 0 aliphatic carbocycles. The van der Waals surface area contributed by atoms with Crippen molar-refractivity contribution in [2.24, 2.45) is 0 Å². The van der Waals surface area contributed by atoms with Gasteiger partial charge in [0.05, 0.1) is 5.69 Å². The van der Waals surface area contributed by atoms with Gasteiger partial charge in [0.2, 0.25) is 0 Å². The summed E-state index contributed by atoms with van der Waals surface area (Å²) in [6, 6.07) is 5.36. The molecule has 2 fully saturated rings. The van der Waals surface area contributed by atoms with Gasteiger partial charge >= 0.3 is 0 Å². The SMILES string of the molecule is CC1CCCCN1Cc1cc(N)c(O)c(CN2CCCCC2C)c1. The zero-order valence-electron chi connectivity index (χ0n) is 15.3. The van der Waals surface area contributed by atoms with Crippen molar-refractivity contribution in [3.63, 3.8) is 0 Å². The molecule has 2 saturated heterocycles. The molecule has 0 aromatic heterocycles. The number of aromatic hydroxyl groups is 1. The fourth-order valence-electron chi connectivity index (χ4n) is 4.24. The normalized spacial score (nSPS) is 26.6. The van der Waals surface area contributed by atoms with Crippen LogP contribution in [-0.2, 0) is 13.1 Å². The number of likely N-dealkylation sites (tertiary alicyclic amines) is 2. The average Bonchev–Trinajstić information content (AvgIpc) is 2.56. The standard InChI is InChI=1S/C20H33N3O/c1-15-7-3-5-9-22(15)13-17-11-18(20(24)19(21)12-17)14-23-10-6-4-8-16(23)2/h11-12,15-16,24H,3-10,13-14,21H2,1-2H3. The van der Waals surface area contributed by atoms with Gasteiger partial charge < -0.3 is 10.8 Å². The van der Waals surface area contributed by atoms with Gasteiger partial charge in [-0.05, 0) is 70.3 Å². The maximum Gasteiger partial charge on any atom is 0.142 e. The number of nitrogen functional groups attached to an aromatic ring is 1. The van der Waals surface area contributed by atoms with Crippen LogP contribution in [0.2, 0.25) is 0 Å². The van der Waals surface area contributed by atoms with E-state index < -0.39 is 0 Å². The Morgan fingerprint density at radius 2 is 1.54 bits per heavy atom. The van der Waals surface area contributed by atoms with E-state index in [1.807, 2.05) is 6.07 Å². The van der Waals surface area contributed by atoms with E-state index in [0.717, 1.165) is 25.2 Å². The zero-order chi connectivity index (χ0) is 17.1. The molecule has 0 saturated carbocycles. The summed E-state index contributed by atoms with van der Waals surface area (Å²) in [5.41, 5.74) is 8.86. The van der Waals surface area contributed by atoms with Gasteiger partial charge in [-0.25, -0.2) is 0 Å². The first-order chi connectivity index (χ1) is 11.5. The molecule has 0 spiro atoms. The van der Waals surface area contributed by atoms with Gasteiger partial charge in [-0.15, -0.1) is 0 Å². The molecule has 134 valence electrons. The molecule has 0 radical (unpaired) electrons. The largest absolute Gasteiger partial charge is 0.505 e. The number of rotatable bonds is 4. The number of benzene rings is 1. The molecular formula is C20H33N3O. The number of hydrogen-bond donors (Lipinski definition) is 2. The highest BCUT2D eigenvalue weighted by Gasteiger charge is 2.22. The van der Waals surface area contributed by atoms with E-state index in [-0.39, 0.29) is 5.75 Å². The topological polar surface area (TPSA) is 52.7 Å². The van der Waals surface area contributed by atoms with E-state index in [2.05, 4.69) is 29.7 Å². The van der Waals surface area contributed by atoms with Crippen molar-refractivity contribution < 1.29 is 5.11 Å². The number of piperidine rings is 2. The third-order valence-corrected chi connectivity index (χ3v) is 5.92. The first-order valence-corrected chi connectivity index (χ1v) is 9.63. The van der Waals surface area contributed by atoms with Crippen molar-refractivity contribution >= 4 is 5.69 Å². The number of nitrogens with two attached hydrogens (primary N) is 1.